The third kappa shape index (κ3) is 7.14. The van der Waals surface area contributed by atoms with Crippen molar-refractivity contribution in [1.29, 1.82) is 0 Å². The van der Waals surface area contributed by atoms with Crippen molar-refractivity contribution in [3.8, 4) is 11.5 Å². The standard InChI is InChI=1S/C26H33N5O4S/c1-26(2,3)35-25(33)31(16-7-15-30-13-5-4-6-14-30)24-29-28-23(34-24)19-8-10-21(11-9-19)27-22(32)20-12-17-36-18-20/h8-12,17-18H,4-7,13-16H2,1-3H3,(H,27,32). The van der Waals surface area contributed by atoms with Gasteiger partial charge >= 0.3 is 12.1 Å². The fourth-order valence-electron chi connectivity index (χ4n) is 3.95. The number of rotatable bonds is 8. The molecule has 4 rings (SSSR count). The van der Waals surface area contributed by atoms with E-state index < -0.39 is 11.7 Å². The molecule has 2 amide bonds. The zero-order valence-corrected chi connectivity index (χ0v) is 21.8. The molecule has 2 aromatic heterocycles. The highest BCUT2D eigenvalue weighted by molar-refractivity contribution is 7.08. The third-order valence-electron chi connectivity index (χ3n) is 5.74. The Morgan fingerprint density at radius 1 is 1.11 bits per heavy atom. The maximum absolute atomic E-state index is 13.0. The molecule has 0 radical (unpaired) electrons. The lowest BCUT2D eigenvalue weighted by atomic mass is 10.1. The van der Waals surface area contributed by atoms with Gasteiger partial charge in [-0.15, -0.1) is 5.10 Å². The normalized spacial score (nSPS) is 14.4. The average molecular weight is 512 g/mol. The molecule has 0 bridgehead atoms. The molecule has 0 saturated carbocycles. The number of benzene rings is 1. The van der Waals surface area contributed by atoms with Gasteiger partial charge in [0, 0.05) is 23.2 Å². The molecule has 36 heavy (non-hydrogen) atoms. The number of carbonyl (C=O) groups excluding carboxylic acids is 2. The van der Waals surface area contributed by atoms with E-state index >= 15 is 0 Å². The highest BCUT2D eigenvalue weighted by Gasteiger charge is 2.27. The monoisotopic (exact) mass is 511 g/mol. The zero-order valence-electron chi connectivity index (χ0n) is 21.0. The number of ether oxygens (including phenoxy) is 1. The van der Waals surface area contributed by atoms with Crippen LogP contribution in [0.1, 0.15) is 56.8 Å². The number of piperidine rings is 1. The van der Waals surface area contributed by atoms with Crippen molar-refractivity contribution in [2.75, 3.05) is 36.4 Å². The molecular weight excluding hydrogens is 478 g/mol. The van der Waals surface area contributed by atoms with Crippen LogP contribution in [0.5, 0.6) is 0 Å². The van der Waals surface area contributed by atoms with Crippen LogP contribution < -0.4 is 10.2 Å². The molecular formula is C26H33N5O4S. The summed E-state index contributed by atoms with van der Waals surface area (Å²) in [6, 6.07) is 9.00. The summed E-state index contributed by atoms with van der Waals surface area (Å²) in [6.45, 7) is 9.00. The molecule has 1 aromatic carbocycles. The first-order valence-corrected chi connectivity index (χ1v) is 13.2. The van der Waals surface area contributed by atoms with Crippen LogP contribution in [0.15, 0.2) is 45.5 Å². The molecule has 192 valence electrons. The van der Waals surface area contributed by atoms with Crippen LogP contribution in [0.2, 0.25) is 0 Å². The summed E-state index contributed by atoms with van der Waals surface area (Å²) >= 11 is 1.47. The lowest BCUT2D eigenvalue weighted by Crippen LogP contribution is -2.39. The van der Waals surface area contributed by atoms with Crippen molar-refractivity contribution < 1.29 is 18.7 Å². The number of thiophene rings is 1. The molecule has 3 aromatic rings. The molecule has 1 fully saturated rings. The van der Waals surface area contributed by atoms with Crippen LogP contribution in [-0.4, -0.2) is 58.9 Å². The highest BCUT2D eigenvalue weighted by Crippen LogP contribution is 2.25. The maximum atomic E-state index is 13.0. The Kier molecular flexibility index (Phi) is 8.37. The summed E-state index contributed by atoms with van der Waals surface area (Å²) < 4.78 is 11.5. The highest BCUT2D eigenvalue weighted by atomic mass is 32.1. The van der Waals surface area contributed by atoms with Crippen molar-refractivity contribution in [3.05, 3.63) is 46.7 Å². The van der Waals surface area contributed by atoms with Crippen molar-refractivity contribution in [1.82, 2.24) is 15.1 Å². The molecule has 0 aliphatic carbocycles. The van der Waals surface area contributed by atoms with Gasteiger partial charge in [-0.25, -0.2) is 9.69 Å². The van der Waals surface area contributed by atoms with Gasteiger partial charge in [-0.1, -0.05) is 11.5 Å². The van der Waals surface area contributed by atoms with Crippen molar-refractivity contribution in [2.24, 2.45) is 0 Å². The quantitative estimate of drug-likeness (QED) is 0.416. The van der Waals surface area contributed by atoms with Gasteiger partial charge in [0.1, 0.15) is 5.60 Å². The van der Waals surface area contributed by atoms with E-state index in [2.05, 4.69) is 20.4 Å². The number of hydrogen-bond donors (Lipinski definition) is 1. The summed E-state index contributed by atoms with van der Waals surface area (Å²) in [7, 11) is 0. The van der Waals surface area contributed by atoms with E-state index in [1.807, 2.05) is 26.2 Å². The number of amides is 2. The zero-order chi connectivity index (χ0) is 25.5. The summed E-state index contributed by atoms with van der Waals surface area (Å²) in [5, 5.41) is 14.8. The van der Waals surface area contributed by atoms with Gasteiger partial charge in [0.15, 0.2) is 0 Å². The SMILES string of the molecule is CC(C)(C)OC(=O)N(CCCN1CCCCC1)c1nnc(-c2ccc(NC(=O)c3ccsc3)cc2)o1. The minimum atomic E-state index is -0.645. The van der Waals surface area contributed by atoms with Crippen LogP contribution in [0.4, 0.5) is 16.5 Å². The van der Waals surface area contributed by atoms with Crippen LogP contribution in [0.3, 0.4) is 0 Å². The Balaban J connectivity index is 1.43. The summed E-state index contributed by atoms with van der Waals surface area (Å²) in [5.74, 6) is 0.118. The predicted molar refractivity (Wildman–Crippen MR) is 140 cm³/mol. The topological polar surface area (TPSA) is 101 Å². The van der Waals surface area contributed by atoms with E-state index in [0.29, 0.717) is 23.4 Å². The molecule has 1 N–H and O–H groups in total. The van der Waals surface area contributed by atoms with Gasteiger partial charge in [-0.2, -0.15) is 11.3 Å². The Bertz CT molecular complexity index is 1130. The van der Waals surface area contributed by atoms with Gasteiger partial charge < -0.3 is 19.4 Å². The third-order valence-corrected chi connectivity index (χ3v) is 6.42. The van der Waals surface area contributed by atoms with Gasteiger partial charge in [-0.05, 0) is 95.4 Å². The number of nitrogens with zero attached hydrogens (tertiary/aromatic N) is 4. The van der Waals surface area contributed by atoms with E-state index in [-0.39, 0.29) is 17.8 Å². The van der Waals surface area contributed by atoms with Gasteiger partial charge in [-0.3, -0.25) is 4.79 Å². The van der Waals surface area contributed by atoms with Crippen molar-refractivity contribution in [3.63, 3.8) is 0 Å². The van der Waals surface area contributed by atoms with Gasteiger partial charge in [0.25, 0.3) is 5.91 Å². The average Bonchev–Trinajstić information content (AvgIpc) is 3.55. The Morgan fingerprint density at radius 2 is 1.86 bits per heavy atom. The first kappa shape index (κ1) is 25.8. The summed E-state index contributed by atoms with van der Waals surface area (Å²) in [6.07, 6.45) is 3.99. The summed E-state index contributed by atoms with van der Waals surface area (Å²) in [5.41, 5.74) is 1.31. The fraction of sp³-hybridized carbons (Fsp3) is 0.462. The Hall–Kier alpha value is -3.24. The predicted octanol–water partition coefficient (Wildman–Crippen LogP) is 5.67. The number of aromatic nitrogens is 2. The first-order valence-electron chi connectivity index (χ1n) is 12.3. The maximum Gasteiger partial charge on any atom is 0.418 e. The number of hydrogen-bond acceptors (Lipinski definition) is 8. The number of nitrogens with one attached hydrogen (secondary N) is 1. The van der Waals surface area contributed by atoms with Crippen LogP contribution in [0.25, 0.3) is 11.5 Å². The number of likely N-dealkylation sites (tertiary alicyclic amines) is 1. The lowest BCUT2D eigenvalue weighted by Gasteiger charge is -2.28. The molecule has 0 spiro atoms. The smallest absolute Gasteiger partial charge is 0.418 e. The molecule has 1 aliphatic heterocycles. The molecule has 0 unspecified atom stereocenters. The second kappa shape index (κ2) is 11.7. The second-order valence-corrected chi connectivity index (χ2v) is 10.6. The van der Waals surface area contributed by atoms with E-state index in [0.717, 1.165) is 26.1 Å². The second-order valence-electron chi connectivity index (χ2n) is 9.82. The van der Waals surface area contributed by atoms with E-state index in [4.69, 9.17) is 9.15 Å². The first-order chi connectivity index (χ1) is 17.3. The Labute approximate surface area is 215 Å². The van der Waals surface area contributed by atoms with Gasteiger partial charge in [0.2, 0.25) is 5.89 Å². The molecule has 10 heteroatoms. The fourth-order valence-corrected chi connectivity index (χ4v) is 4.59. The van der Waals surface area contributed by atoms with E-state index in [9.17, 15) is 9.59 Å². The largest absolute Gasteiger partial charge is 0.443 e. The van der Waals surface area contributed by atoms with Crippen molar-refractivity contribution in [2.45, 2.75) is 52.1 Å². The molecule has 1 aliphatic rings. The molecule has 9 nitrogen and oxygen atoms in total. The van der Waals surface area contributed by atoms with E-state index in [1.165, 1.54) is 35.5 Å². The number of carbonyl (C=O) groups is 2. The lowest BCUT2D eigenvalue weighted by molar-refractivity contribution is 0.0571. The van der Waals surface area contributed by atoms with E-state index in [1.54, 1.807) is 35.7 Å². The minimum Gasteiger partial charge on any atom is -0.443 e. The van der Waals surface area contributed by atoms with Crippen molar-refractivity contribution >= 4 is 35.0 Å². The summed E-state index contributed by atoms with van der Waals surface area (Å²) in [4.78, 5) is 29.1. The van der Waals surface area contributed by atoms with Crippen LogP contribution in [-0.2, 0) is 4.74 Å². The van der Waals surface area contributed by atoms with Gasteiger partial charge in [0.05, 0.1) is 5.56 Å². The van der Waals surface area contributed by atoms with Crippen LogP contribution in [0, 0.1) is 0 Å². The minimum absolute atomic E-state index is 0.104. The molecule has 0 atom stereocenters. The Morgan fingerprint density at radius 3 is 2.53 bits per heavy atom. The molecule has 1 saturated heterocycles. The van der Waals surface area contributed by atoms with Crippen LogP contribution >= 0.6 is 11.3 Å². The number of anilines is 2. The molecule has 3 heterocycles.